The summed E-state index contributed by atoms with van der Waals surface area (Å²) in [5.41, 5.74) is 0.748. The zero-order chi connectivity index (χ0) is 12.5. The Bertz CT molecular complexity index is 630. The first kappa shape index (κ1) is 11.0. The molecule has 2 aromatic carbocycles. The molecule has 0 bridgehead atoms. The minimum Gasteiger partial charge on any atom is -0.452 e. The predicted octanol–water partition coefficient (Wildman–Crippen LogP) is 2.35. The van der Waals surface area contributed by atoms with Gasteiger partial charge in [0.1, 0.15) is 6.10 Å². The predicted molar refractivity (Wildman–Crippen MR) is 67.9 cm³/mol. The topological polar surface area (TPSA) is 46.5 Å². The molecule has 3 heteroatoms. The van der Waals surface area contributed by atoms with Crippen LogP contribution in [0.25, 0.3) is 10.8 Å². The van der Waals surface area contributed by atoms with E-state index < -0.39 is 18.2 Å². The lowest BCUT2D eigenvalue weighted by Gasteiger charge is -2.17. The van der Waals surface area contributed by atoms with E-state index in [4.69, 9.17) is 4.74 Å². The monoisotopic (exact) mass is 240 g/mol. The van der Waals surface area contributed by atoms with Crippen LogP contribution < -0.4 is 0 Å². The van der Waals surface area contributed by atoms with Crippen LogP contribution in [0.1, 0.15) is 11.7 Å². The molecule has 0 unspecified atom stereocenters. The van der Waals surface area contributed by atoms with Crippen LogP contribution in [-0.2, 0) is 9.53 Å². The number of ether oxygens (including phenoxy) is 1. The van der Waals surface area contributed by atoms with Gasteiger partial charge in [-0.3, -0.25) is 0 Å². The van der Waals surface area contributed by atoms with E-state index in [1.54, 1.807) is 6.08 Å². The van der Waals surface area contributed by atoms with E-state index >= 15 is 0 Å². The summed E-state index contributed by atoms with van der Waals surface area (Å²) in [6.45, 7) is 0. The Labute approximate surface area is 104 Å². The maximum atomic E-state index is 11.0. The van der Waals surface area contributed by atoms with Crippen LogP contribution in [0.2, 0.25) is 0 Å². The quantitative estimate of drug-likeness (QED) is 0.820. The summed E-state index contributed by atoms with van der Waals surface area (Å²) in [4.78, 5) is 11.0. The van der Waals surface area contributed by atoms with Gasteiger partial charge in [0.15, 0.2) is 6.10 Å². The second-order valence-electron chi connectivity index (χ2n) is 4.31. The Morgan fingerprint density at radius 3 is 2.61 bits per heavy atom. The Balaban J connectivity index is 1.94. The summed E-state index contributed by atoms with van der Waals surface area (Å²) < 4.78 is 4.99. The van der Waals surface area contributed by atoms with E-state index in [0.717, 1.165) is 16.3 Å². The van der Waals surface area contributed by atoms with E-state index in [1.807, 2.05) is 42.5 Å². The van der Waals surface area contributed by atoms with Crippen molar-refractivity contribution in [2.24, 2.45) is 0 Å². The second kappa shape index (κ2) is 4.27. The lowest BCUT2D eigenvalue weighted by Crippen LogP contribution is -2.18. The third kappa shape index (κ3) is 1.89. The zero-order valence-electron chi connectivity index (χ0n) is 9.61. The Morgan fingerprint density at radius 2 is 1.89 bits per heavy atom. The van der Waals surface area contributed by atoms with Gasteiger partial charge in [0.25, 0.3) is 0 Å². The molecule has 3 rings (SSSR count). The SMILES string of the molecule is O=C1C=C[C@H]([C@@H](O)c2ccc3ccccc3c2)O1. The summed E-state index contributed by atoms with van der Waals surface area (Å²) in [6.07, 6.45) is 1.52. The van der Waals surface area contributed by atoms with Crippen LogP contribution in [0.3, 0.4) is 0 Å². The smallest absolute Gasteiger partial charge is 0.331 e. The van der Waals surface area contributed by atoms with Crippen LogP contribution in [0.15, 0.2) is 54.6 Å². The number of aliphatic hydroxyl groups excluding tert-OH is 1. The number of hydrogen-bond donors (Lipinski definition) is 1. The van der Waals surface area contributed by atoms with Gasteiger partial charge in [-0.1, -0.05) is 36.4 Å². The standard InChI is InChI=1S/C15H12O3/c16-14-8-7-13(18-14)15(17)12-6-5-10-3-1-2-4-11(10)9-12/h1-9,13,15,17H/t13-,15+/m1/s1. The molecule has 2 aromatic rings. The fourth-order valence-electron chi connectivity index (χ4n) is 2.14. The fourth-order valence-corrected chi connectivity index (χ4v) is 2.14. The first-order valence-electron chi connectivity index (χ1n) is 5.79. The lowest BCUT2D eigenvalue weighted by molar-refractivity contribution is -0.142. The molecule has 0 aliphatic carbocycles. The van der Waals surface area contributed by atoms with Crippen molar-refractivity contribution in [3.05, 3.63) is 60.2 Å². The van der Waals surface area contributed by atoms with Crippen molar-refractivity contribution in [3.63, 3.8) is 0 Å². The van der Waals surface area contributed by atoms with Gasteiger partial charge in [0.2, 0.25) is 0 Å². The molecule has 0 saturated carbocycles. The van der Waals surface area contributed by atoms with Crippen LogP contribution in [0.4, 0.5) is 0 Å². The Kier molecular flexibility index (Phi) is 2.61. The Hall–Kier alpha value is -2.13. The van der Waals surface area contributed by atoms with Gasteiger partial charge in [-0.05, 0) is 28.5 Å². The third-order valence-electron chi connectivity index (χ3n) is 3.10. The molecule has 0 aromatic heterocycles. The first-order chi connectivity index (χ1) is 8.74. The van der Waals surface area contributed by atoms with E-state index in [-0.39, 0.29) is 0 Å². The highest BCUT2D eigenvalue weighted by atomic mass is 16.6. The number of aliphatic hydroxyl groups is 1. The molecule has 3 nitrogen and oxygen atoms in total. The molecule has 1 N–H and O–H groups in total. The molecule has 0 fully saturated rings. The number of benzene rings is 2. The van der Waals surface area contributed by atoms with Gasteiger partial charge in [-0.2, -0.15) is 0 Å². The van der Waals surface area contributed by atoms with Gasteiger partial charge >= 0.3 is 5.97 Å². The van der Waals surface area contributed by atoms with Gasteiger partial charge < -0.3 is 9.84 Å². The summed E-state index contributed by atoms with van der Waals surface area (Å²) in [5.74, 6) is -0.403. The molecular formula is C15H12O3. The summed E-state index contributed by atoms with van der Waals surface area (Å²) in [5, 5.41) is 12.3. The van der Waals surface area contributed by atoms with Crippen LogP contribution in [-0.4, -0.2) is 17.2 Å². The lowest BCUT2D eigenvalue weighted by atomic mass is 10.0. The molecule has 90 valence electrons. The highest BCUT2D eigenvalue weighted by Gasteiger charge is 2.26. The van der Waals surface area contributed by atoms with Gasteiger partial charge in [-0.25, -0.2) is 4.79 Å². The average Bonchev–Trinajstić information content (AvgIpc) is 2.84. The summed E-state index contributed by atoms with van der Waals surface area (Å²) in [7, 11) is 0. The fraction of sp³-hybridized carbons (Fsp3) is 0.133. The van der Waals surface area contributed by atoms with Gasteiger partial charge in [0.05, 0.1) is 0 Å². The number of rotatable bonds is 2. The average molecular weight is 240 g/mol. The van der Waals surface area contributed by atoms with Crippen molar-refractivity contribution in [2.45, 2.75) is 12.2 Å². The first-order valence-corrected chi connectivity index (χ1v) is 5.79. The molecule has 0 saturated heterocycles. The molecular weight excluding hydrogens is 228 g/mol. The molecule has 1 aliphatic rings. The van der Waals surface area contributed by atoms with Crippen molar-refractivity contribution in [1.29, 1.82) is 0 Å². The molecule has 18 heavy (non-hydrogen) atoms. The highest BCUT2D eigenvalue weighted by Crippen LogP contribution is 2.26. The van der Waals surface area contributed by atoms with Gasteiger partial charge in [0, 0.05) is 6.08 Å². The van der Waals surface area contributed by atoms with E-state index in [2.05, 4.69) is 0 Å². The largest absolute Gasteiger partial charge is 0.452 e. The van der Waals surface area contributed by atoms with E-state index in [1.165, 1.54) is 6.08 Å². The van der Waals surface area contributed by atoms with Crippen molar-refractivity contribution in [1.82, 2.24) is 0 Å². The number of fused-ring (bicyclic) bond motifs is 1. The number of carbonyl (C=O) groups is 1. The van der Waals surface area contributed by atoms with Crippen molar-refractivity contribution < 1.29 is 14.6 Å². The van der Waals surface area contributed by atoms with Crippen LogP contribution in [0, 0.1) is 0 Å². The highest BCUT2D eigenvalue weighted by molar-refractivity contribution is 5.85. The number of hydrogen-bond acceptors (Lipinski definition) is 3. The summed E-state index contributed by atoms with van der Waals surface area (Å²) in [6, 6.07) is 13.7. The minimum atomic E-state index is -0.822. The molecule has 1 heterocycles. The molecule has 2 atom stereocenters. The van der Waals surface area contributed by atoms with Crippen LogP contribution in [0.5, 0.6) is 0 Å². The zero-order valence-corrected chi connectivity index (χ0v) is 9.61. The molecule has 0 radical (unpaired) electrons. The normalized spacial score (nSPS) is 20.1. The Morgan fingerprint density at radius 1 is 1.11 bits per heavy atom. The third-order valence-corrected chi connectivity index (χ3v) is 3.10. The summed E-state index contributed by atoms with van der Waals surface area (Å²) >= 11 is 0. The molecule has 0 amide bonds. The van der Waals surface area contributed by atoms with E-state index in [0.29, 0.717) is 0 Å². The minimum absolute atomic E-state index is 0.403. The number of cyclic esters (lactones) is 1. The van der Waals surface area contributed by atoms with E-state index in [9.17, 15) is 9.90 Å². The maximum Gasteiger partial charge on any atom is 0.331 e. The van der Waals surface area contributed by atoms with Crippen LogP contribution >= 0.6 is 0 Å². The number of esters is 1. The van der Waals surface area contributed by atoms with Crippen molar-refractivity contribution in [2.75, 3.05) is 0 Å². The van der Waals surface area contributed by atoms with Crippen molar-refractivity contribution >= 4 is 16.7 Å². The van der Waals surface area contributed by atoms with Crippen molar-refractivity contribution in [3.8, 4) is 0 Å². The van der Waals surface area contributed by atoms with Gasteiger partial charge in [-0.15, -0.1) is 0 Å². The molecule has 1 aliphatic heterocycles. The molecule has 0 spiro atoms. The maximum absolute atomic E-state index is 11.0. The number of carbonyl (C=O) groups excluding carboxylic acids is 1. The second-order valence-corrected chi connectivity index (χ2v) is 4.31.